The van der Waals surface area contributed by atoms with Crippen LogP contribution in [-0.2, 0) is 16.1 Å². The highest BCUT2D eigenvalue weighted by atomic mass is 32.2. The molecular weight excluding hydrogens is 400 g/mol. The number of para-hydroxylation sites is 2. The minimum absolute atomic E-state index is 0.114. The van der Waals surface area contributed by atoms with E-state index in [4.69, 9.17) is 4.74 Å². The van der Waals surface area contributed by atoms with Crippen LogP contribution in [0.4, 0.5) is 11.4 Å². The number of rotatable bonds is 9. The van der Waals surface area contributed by atoms with Crippen molar-refractivity contribution in [2.45, 2.75) is 30.5 Å². The lowest BCUT2D eigenvalue weighted by molar-refractivity contribution is -0.115. The Balaban J connectivity index is 1.55. The number of anilines is 2. The predicted molar refractivity (Wildman–Crippen MR) is 119 cm³/mol. The maximum Gasteiger partial charge on any atom is 0.237 e. The largest absolute Gasteiger partial charge is 0.490 e. The monoisotopic (exact) mass is 424 g/mol. The number of benzene rings is 2. The molecule has 7 nitrogen and oxygen atoms in total. The average Bonchev–Trinajstić information content (AvgIpc) is 3.24. The first-order valence-electron chi connectivity index (χ1n) is 9.54. The number of amides is 2. The second-order valence-electron chi connectivity index (χ2n) is 6.60. The van der Waals surface area contributed by atoms with E-state index in [1.807, 2.05) is 66.2 Å². The Bertz CT molecular complexity index is 974. The number of carbonyl (C=O) groups is 2. The lowest BCUT2D eigenvalue weighted by atomic mass is 10.3. The van der Waals surface area contributed by atoms with E-state index in [1.165, 1.54) is 18.7 Å². The van der Waals surface area contributed by atoms with Gasteiger partial charge in [0.1, 0.15) is 12.4 Å². The van der Waals surface area contributed by atoms with Gasteiger partial charge in [0, 0.05) is 29.9 Å². The lowest BCUT2D eigenvalue weighted by Crippen LogP contribution is -2.22. The smallest absolute Gasteiger partial charge is 0.237 e. The number of nitrogens with one attached hydrogen (secondary N) is 2. The zero-order valence-electron chi connectivity index (χ0n) is 16.9. The molecule has 0 aliphatic heterocycles. The third kappa shape index (κ3) is 6.38. The molecule has 0 bridgehead atoms. The number of nitrogens with zero attached hydrogens (tertiary/aromatic N) is 2. The summed E-state index contributed by atoms with van der Waals surface area (Å²) in [6.45, 7) is 4.45. The summed E-state index contributed by atoms with van der Waals surface area (Å²) in [5.74, 6) is 0.397. The number of ether oxygens (including phenoxy) is 1. The van der Waals surface area contributed by atoms with Crippen molar-refractivity contribution >= 4 is 35.0 Å². The van der Waals surface area contributed by atoms with Crippen LogP contribution >= 0.6 is 11.8 Å². The normalized spacial score (nSPS) is 11.5. The summed E-state index contributed by atoms with van der Waals surface area (Å²) in [5.41, 5.74) is 1.37. The van der Waals surface area contributed by atoms with Gasteiger partial charge in [-0.3, -0.25) is 9.59 Å². The highest BCUT2D eigenvalue weighted by Crippen LogP contribution is 2.28. The van der Waals surface area contributed by atoms with Crippen molar-refractivity contribution in [3.63, 3.8) is 0 Å². The van der Waals surface area contributed by atoms with Crippen molar-refractivity contribution in [1.29, 1.82) is 0 Å². The Morgan fingerprint density at radius 3 is 2.60 bits per heavy atom. The van der Waals surface area contributed by atoms with Crippen LogP contribution in [0.3, 0.4) is 0 Å². The van der Waals surface area contributed by atoms with Crippen LogP contribution in [0.15, 0.2) is 72.1 Å². The fourth-order valence-electron chi connectivity index (χ4n) is 2.69. The lowest BCUT2D eigenvalue weighted by Gasteiger charge is -2.15. The van der Waals surface area contributed by atoms with E-state index in [1.54, 1.807) is 12.5 Å². The molecule has 3 aromatic rings. The standard InChI is InChI=1S/C22H24N4O3S/c1-16(30-19-9-7-18(8-10-19)24-17(2)27)22(28)25-20-5-3-4-6-21(20)29-14-13-26-12-11-23-15-26/h3-12,15-16H,13-14H2,1-2H3,(H,24,27)(H,25,28). The molecular formula is C22H24N4O3S. The van der Waals surface area contributed by atoms with E-state index in [2.05, 4.69) is 15.6 Å². The molecule has 0 saturated heterocycles. The van der Waals surface area contributed by atoms with Gasteiger partial charge < -0.3 is 19.9 Å². The molecule has 30 heavy (non-hydrogen) atoms. The van der Waals surface area contributed by atoms with E-state index in [-0.39, 0.29) is 17.1 Å². The quantitative estimate of drug-likeness (QED) is 0.507. The minimum Gasteiger partial charge on any atom is -0.490 e. The fourth-order valence-corrected chi connectivity index (χ4v) is 3.56. The first kappa shape index (κ1) is 21.4. The number of hydrogen-bond donors (Lipinski definition) is 2. The summed E-state index contributed by atoms with van der Waals surface area (Å²) in [5, 5.41) is 5.37. The Kier molecular flexibility index (Phi) is 7.51. The van der Waals surface area contributed by atoms with Crippen LogP contribution in [-0.4, -0.2) is 33.2 Å². The molecule has 1 atom stereocenters. The molecule has 1 aromatic heterocycles. The van der Waals surface area contributed by atoms with Crippen molar-refractivity contribution in [3.8, 4) is 5.75 Å². The average molecular weight is 425 g/mol. The van der Waals surface area contributed by atoms with Crippen molar-refractivity contribution < 1.29 is 14.3 Å². The summed E-state index contributed by atoms with van der Waals surface area (Å²) in [7, 11) is 0. The number of aromatic nitrogens is 2. The molecule has 2 amide bonds. The molecule has 3 rings (SSSR count). The van der Waals surface area contributed by atoms with E-state index < -0.39 is 0 Å². The van der Waals surface area contributed by atoms with Crippen molar-refractivity contribution in [1.82, 2.24) is 9.55 Å². The van der Waals surface area contributed by atoms with Gasteiger partial charge in [0.2, 0.25) is 11.8 Å². The number of carbonyl (C=O) groups excluding carboxylic acids is 2. The van der Waals surface area contributed by atoms with Gasteiger partial charge in [0.05, 0.1) is 23.8 Å². The third-order valence-corrected chi connectivity index (χ3v) is 5.28. The highest BCUT2D eigenvalue weighted by Gasteiger charge is 2.16. The summed E-state index contributed by atoms with van der Waals surface area (Å²) in [6.07, 6.45) is 5.33. The van der Waals surface area contributed by atoms with Gasteiger partial charge in [-0.1, -0.05) is 12.1 Å². The van der Waals surface area contributed by atoms with Crippen LogP contribution in [0.1, 0.15) is 13.8 Å². The molecule has 0 spiro atoms. The first-order valence-corrected chi connectivity index (χ1v) is 10.4. The van der Waals surface area contributed by atoms with Crippen molar-refractivity contribution in [2.75, 3.05) is 17.2 Å². The topological polar surface area (TPSA) is 85.3 Å². The van der Waals surface area contributed by atoms with E-state index in [0.717, 1.165) is 10.6 Å². The van der Waals surface area contributed by atoms with Crippen LogP contribution in [0.5, 0.6) is 5.75 Å². The first-order chi connectivity index (χ1) is 14.5. The van der Waals surface area contributed by atoms with Gasteiger partial charge in [-0.25, -0.2) is 4.98 Å². The van der Waals surface area contributed by atoms with Gasteiger partial charge in [-0.2, -0.15) is 0 Å². The number of imidazole rings is 1. The van der Waals surface area contributed by atoms with E-state index in [9.17, 15) is 9.59 Å². The summed E-state index contributed by atoms with van der Waals surface area (Å²) < 4.78 is 7.78. The molecule has 156 valence electrons. The molecule has 2 N–H and O–H groups in total. The van der Waals surface area contributed by atoms with Gasteiger partial charge in [0.15, 0.2) is 0 Å². The molecule has 0 radical (unpaired) electrons. The summed E-state index contributed by atoms with van der Waals surface area (Å²) >= 11 is 1.44. The number of thioether (sulfide) groups is 1. The van der Waals surface area contributed by atoms with Crippen LogP contribution in [0.25, 0.3) is 0 Å². The van der Waals surface area contributed by atoms with Gasteiger partial charge in [0.25, 0.3) is 0 Å². The van der Waals surface area contributed by atoms with Crippen molar-refractivity contribution in [3.05, 3.63) is 67.3 Å². The molecule has 0 fully saturated rings. The van der Waals surface area contributed by atoms with Gasteiger partial charge >= 0.3 is 0 Å². The minimum atomic E-state index is -0.310. The molecule has 8 heteroatoms. The predicted octanol–water partition coefficient (Wildman–Crippen LogP) is 4.04. The fraction of sp³-hybridized carbons (Fsp3) is 0.227. The second-order valence-corrected chi connectivity index (χ2v) is 8.01. The Hall–Kier alpha value is -3.26. The SMILES string of the molecule is CC(=O)Nc1ccc(SC(C)C(=O)Nc2ccccc2OCCn2ccnc2)cc1. The molecule has 0 aliphatic rings. The van der Waals surface area contributed by atoms with Gasteiger partial charge in [-0.05, 0) is 43.3 Å². The third-order valence-electron chi connectivity index (χ3n) is 4.17. The summed E-state index contributed by atoms with van der Waals surface area (Å²) in [4.78, 5) is 28.7. The maximum absolute atomic E-state index is 12.7. The van der Waals surface area contributed by atoms with E-state index in [0.29, 0.717) is 24.6 Å². The Labute approximate surface area is 179 Å². The molecule has 0 saturated carbocycles. The maximum atomic E-state index is 12.7. The summed E-state index contributed by atoms with van der Waals surface area (Å²) in [6, 6.07) is 14.8. The highest BCUT2D eigenvalue weighted by molar-refractivity contribution is 8.00. The number of hydrogen-bond acceptors (Lipinski definition) is 5. The van der Waals surface area contributed by atoms with Crippen LogP contribution in [0.2, 0.25) is 0 Å². The Morgan fingerprint density at radius 2 is 1.90 bits per heavy atom. The molecule has 1 unspecified atom stereocenters. The van der Waals surface area contributed by atoms with Crippen molar-refractivity contribution in [2.24, 2.45) is 0 Å². The molecule has 1 heterocycles. The Morgan fingerprint density at radius 1 is 1.13 bits per heavy atom. The van der Waals surface area contributed by atoms with E-state index >= 15 is 0 Å². The zero-order valence-corrected chi connectivity index (χ0v) is 17.7. The molecule has 0 aliphatic carbocycles. The van der Waals surface area contributed by atoms with Crippen LogP contribution < -0.4 is 15.4 Å². The molecule has 2 aromatic carbocycles. The zero-order chi connectivity index (χ0) is 21.3. The van der Waals surface area contributed by atoms with Crippen LogP contribution in [0, 0.1) is 0 Å². The second kappa shape index (κ2) is 10.5. The van der Waals surface area contributed by atoms with Gasteiger partial charge in [-0.15, -0.1) is 11.8 Å².